The summed E-state index contributed by atoms with van der Waals surface area (Å²) >= 11 is 0. The first-order valence-corrected chi connectivity index (χ1v) is 4.02. The summed E-state index contributed by atoms with van der Waals surface area (Å²) in [5.41, 5.74) is 0. The lowest BCUT2D eigenvalue weighted by Crippen LogP contribution is -2.28. The summed E-state index contributed by atoms with van der Waals surface area (Å²) in [6.07, 6.45) is 0.294. The summed E-state index contributed by atoms with van der Waals surface area (Å²) in [7, 11) is 0. The highest BCUT2D eigenvalue weighted by Crippen LogP contribution is 2.07. The van der Waals surface area contributed by atoms with Crippen LogP contribution in [0.1, 0.15) is 12.7 Å². The Bertz CT molecular complexity index is 314. The van der Waals surface area contributed by atoms with E-state index in [0.29, 0.717) is 5.76 Å². The highest BCUT2D eigenvalue weighted by molar-refractivity contribution is 5.77. The Balaban J connectivity index is 2.60. The number of hydrogen-bond acceptors (Lipinski definition) is 4. The molecule has 76 valence electrons. The van der Waals surface area contributed by atoms with E-state index < -0.39 is 18.0 Å². The number of furan rings is 1. The molecule has 1 N–H and O–H groups in total. The smallest absolute Gasteiger partial charge is 0.345 e. The predicted octanol–water partition coefficient (Wildman–Crippen LogP) is 0.838. The van der Waals surface area contributed by atoms with Crippen molar-refractivity contribution in [3.63, 3.8) is 0 Å². The van der Waals surface area contributed by atoms with E-state index in [1.165, 1.54) is 6.26 Å². The lowest BCUT2D eigenvalue weighted by molar-refractivity contribution is -0.162. The van der Waals surface area contributed by atoms with Crippen molar-refractivity contribution in [1.29, 1.82) is 0 Å². The molecule has 0 aromatic carbocycles. The van der Waals surface area contributed by atoms with E-state index in [1.54, 1.807) is 12.1 Å². The molecule has 0 aliphatic carbocycles. The van der Waals surface area contributed by atoms with Crippen LogP contribution in [0.25, 0.3) is 0 Å². The Labute approximate surface area is 80.3 Å². The number of carboxylic acids is 1. The highest BCUT2D eigenvalue weighted by atomic mass is 16.6. The van der Waals surface area contributed by atoms with Gasteiger partial charge in [-0.15, -0.1) is 0 Å². The van der Waals surface area contributed by atoms with E-state index in [0.717, 1.165) is 6.92 Å². The fraction of sp³-hybridized carbons (Fsp3) is 0.333. The molecule has 0 amide bonds. The molecule has 0 fully saturated rings. The normalized spacial score (nSPS) is 12.1. The number of esters is 1. The van der Waals surface area contributed by atoms with Gasteiger partial charge in [-0.2, -0.15) is 0 Å². The van der Waals surface area contributed by atoms with Crippen molar-refractivity contribution in [2.45, 2.75) is 19.4 Å². The van der Waals surface area contributed by atoms with Crippen molar-refractivity contribution in [2.24, 2.45) is 0 Å². The minimum Gasteiger partial charge on any atom is -0.478 e. The highest BCUT2D eigenvalue weighted by Gasteiger charge is 2.22. The molecule has 0 aliphatic heterocycles. The quantitative estimate of drug-likeness (QED) is 0.725. The molecule has 5 heteroatoms. The molecular weight excluding hydrogens is 188 g/mol. The number of rotatable bonds is 4. The maximum Gasteiger partial charge on any atom is 0.345 e. The Kier molecular flexibility index (Phi) is 3.28. The first-order chi connectivity index (χ1) is 6.59. The molecular formula is C9H10O5. The molecule has 1 aromatic heterocycles. The Morgan fingerprint density at radius 1 is 1.64 bits per heavy atom. The van der Waals surface area contributed by atoms with Crippen molar-refractivity contribution < 1.29 is 23.8 Å². The molecule has 14 heavy (non-hydrogen) atoms. The molecule has 0 unspecified atom stereocenters. The number of ether oxygens (including phenoxy) is 1. The van der Waals surface area contributed by atoms with Crippen molar-refractivity contribution >= 4 is 11.9 Å². The fourth-order valence-corrected chi connectivity index (χ4v) is 0.991. The predicted molar refractivity (Wildman–Crippen MR) is 45.6 cm³/mol. The molecule has 0 saturated heterocycles. The first-order valence-electron chi connectivity index (χ1n) is 4.02. The zero-order valence-electron chi connectivity index (χ0n) is 7.60. The van der Waals surface area contributed by atoms with Gasteiger partial charge in [0.05, 0.1) is 12.7 Å². The van der Waals surface area contributed by atoms with Crippen LogP contribution >= 0.6 is 0 Å². The second-order valence-corrected chi connectivity index (χ2v) is 2.72. The minimum absolute atomic E-state index is 0.0436. The summed E-state index contributed by atoms with van der Waals surface area (Å²) < 4.78 is 9.53. The molecule has 0 radical (unpaired) electrons. The van der Waals surface area contributed by atoms with Gasteiger partial charge in [0.2, 0.25) is 6.10 Å². The lowest BCUT2D eigenvalue weighted by atomic mass is 10.2. The van der Waals surface area contributed by atoms with Crippen LogP contribution in [0, 0.1) is 0 Å². The first kappa shape index (κ1) is 10.3. The van der Waals surface area contributed by atoms with Crippen LogP contribution in [0.15, 0.2) is 22.8 Å². The van der Waals surface area contributed by atoms with Gasteiger partial charge in [0, 0.05) is 6.92 Å². The number of carbonyl (C=O) groups excluding carboxylic acids is 1. The van der Waals surface area contributed by atoms with Gasteiger partial charge in [0.15, 0.2) is 0 Å². The number of aliphatic carboxylic acids is 1. The Morgan fingerprint density at radius 2 is 2.36 bits per heavy atom. The molecule has 0 spiro atoms. The third-order valence-electron chi connectivity index (χ3n) is 1.55. The third-order valence-corrected chi connectivity index (χ3v) is 1.55. The van der Waals surface area contributed by atoms with Crippen LogP contribution < -0.4 is 0 Å². The maximum atomic E-state index is 10.6. The van der Waals surface area contributed by atoms with Crippen molar-refractivity contribution in [3.05, 3.63) is 24.2 Å². The van der Waals surface area contributed by atoms with E-state index in [-0.39, 0.29) is 6.42 Å². The van der Waals surface area contributed by atoms with Crippen LogP contribution in [0.3, 0.4) is 0 Å². The molecule has 0 bridgehead atoms. The van der Waals surface area contributed by atoms with E-state index in [2.05, 4.69) is 4.74 Å². The van der Waals surface area contributed by atoms with Gasteiger partial charge in [-0.25, -0.2) is 4.79 Å². The molecule has 5 nitrogen and oxygen atoms in total. The topological polar surface area (TPSA) is 76.7 Å². The SMILES string of the molecule is CC(=O)O[C@@H](Cc1ccco1)C(=O)O. The van der Waals surface area contributed by atoms with Gasteiger partial charge in [0.1, 0.15) is 5.76 Å². The second-order valence-electron chi connectivity index (χ2n) is 2.72. The molecule has 1 rings (SSSR count). The summed E-state index contributed by atoms with van der Waals surface area (Å²) in [5.74, 6) is -1.33. The van der Waals surface area contributed by atoms with Crippen molar-refractivity contribution in [3.8, 4) is 0 Å². The average Bonchev–Trinajstić information content (AvgIpc) is 2.54. The Hall–Kier alpha value is -1.78. The molecule has 0 saturated carbocycles. The molecule has 1 heterocycles. The monoisotopic (exact) mass is 198 g/mol. The van der Waals surface area contributed by atoms with E-state index in [1.807, 2.05) is 0 Å². The Morgan fingerprint density at radius 3 is 2.79 bits per heavy atom. The average molecular weight is 198 g/mol. The fourth-order valence-electron chi connectivity index (χ4n) is 0.991. The molecule has 0 aliphatic rings. The van der Waals surface area contributed by atoms with E-state index in [4.69, 9.17) is 9.52 Å². The third kappa shape index (κ3) is 2.93. The van der Waals surface area contributed by atoms with Crippen molar-refractivity contribution in [1.82, 2.24) is 0 Å². The summed E-state index contributed by atoms with van der Waals surface area (Å²) in [6, 6.07) is 3.27. The number of carbonyl (C=O) groups is 2. The maximum absolute atomic E-state index is 10.6. The van der Waals surface area contributed by atoms with E-state index in [9.17, 15) is 9.59 Å². The molecule has 1 aromatic rings. The summed E-state index contributed by atoms with van der Waals surface area (Å²) in [5, 5.41) is 8.70. The van der Waals surface area contributed by atoms with Gasteiger partial charge in [-0.05, 0) is 12.1 Å². The zero-order valence-corrected chi connectivity index (χ0v) is 7.60. The van der Waals surface area contributed by atoms with Gasteiger partial charge >= 0.3 is 11.9 Å². The van der Waals surface area contributed by atoms with Crippen molar-refractivity contribution in [2.75, 3.05) is 0 Å². The van der Waals surface area contributed by atoms with Gasteiger partial charge in [-0.1, -0.05) is 0 Å². The van der Waals surface area contributed by atoms with Gasteiger partial charge in [-0.3, -0.25) is 4.79 Å². The van der Waals surface area contributed by atoms with Crippen LogP contribution in [0.4, 0.5) is 0 Å². The van der Waals surface area contributed by atoms with Gasteiger partial charge in [0.25, 0.3) is 0 Å². The summed E-state index contributed by atoms with van der Waals surface area (Å²) in [4.78, 5) is 21.2. The molecule has 1 atom stereocenters. The number of hydrogen-bond donors (Lipinski definition) is 1. The lowest BCUT2D eigenvalue weighted by Gasteiger charge is -2.10. The van der Waals surface area contributed by atoms with Crippen LogP contribution in [-0.4, -0.2) is 23.1 Å². The second kappa shape index (κ2) is 4.45. The van der Waals surface area contributed by atoms with Crippen LogP contribution in [0.5, 0.6) is 0 Å². The number of carboxylic acid groups (broad SMARTS) is 1. The summed E-state index contributed by atoms with van der Waals surface area (Å²) in [6.45, 7) is 1.16. The zero-order chi connectivity index (χ0) is 10.6. The standard InChI is InChI=1S/C9H10O5/c1-6(10)14-8(9(11)12)5-7-3-2-4-13-7/h2-4,8H,5H2,1H3,(H,11,12)/t8-/m0/s1. The largest absolute Gasteiger partial charge is 0.478 e. The van der Waals surface area contributed by atoms with Crippen LogP contribution in [-0.2, 0) is 20.7 Å². The van der Waals surface area contributed by atoms with Gasteiger partial charge < -0.3 is 14.3 Å². The minimum atomic E-state index is -1.18. The van der Waals surface area contributed by atoms with E-state index >= 15 is 0 Å². The van der Waals surface area contributed by atoms with Crippen LogP contribution in [0.2, 0.25) is 0 Å².